The van der Waals surface area contributed by atoms with Gasteiger partial charge in [0.05, 0.1) is 25.3 Å². The standard InChI is InChI=1S/C13H20N4/c1-16-7-4-12-11(9-16)8-14-13(15-12)10-17-5-2-3-6-17/h8,16H,1-7,9-10H2. The molecule has 0 aliphatic carbocycles. The van der Waals surface area contributed by atoms with E-state index in [-0.39, 0.29) is 0 Å². The van der Waals surface area contributed by atoms with Crippen LogP contribution in [0.5, 0.6) is 0 Å². The molecule has 0 radical (unpaired) electrons. The normalized spacial score (nSPS) is 24.9. The van der Waals surface area contributed by atoms with Gasteiger partial charge in [0.25, 0.3) is 0 Å². The Labute approximate surface area is 103 Å². The first-order chi connectivity index (χ1) is 8.31. The topological polar surface area (TPSA) is 33.5 Å². The third-order valence-corrected chi connectivity index (χ3v) is 3.72. The van der Waals surface area contributed by atoms with E-state index in [1.807, 2.05) is 6.20 Å². The van der Waals surface area contributed by atoms with Gasteiger partial charge in [0.1, 0.15) is 5.82 Å². The van der Waals surface area contributed by atoms with Crippen molar-refractivity contribution in [1.29, 1.82) is 0 Å². The van der Waals surface area contributed by atoms with Crippen molar-refractivity contribution in [2.75, 3.05) is 19.6 Å². The molecule has 0 bridgehead atoms. The quantitative estimate of drug-likeness (QED) is 0.717. The predicted octanol–water partition coefficient (Wildman–Crippen LogP) is -0.195. The van der Waals surface area contributed by atoms with Gasteiger partial charge in [-0.1, -0.05) is 0 Å². The maximum Gasteiger partial charge on any atom is 0.142 e. The number of nitrogens with one attached hydrogen (secondary N) is 1. The van der Waals surface area contributed by atoms with E-state index in [0.29, 0.717) is 0 Å². The van der Waals surface area contributed by atoms with Crippen LogP contribution >= 0.6 is 0 Å². The fourth-order valence-corrected chi connectivity index (χ4v) is 2.72. The maximum atomic E-state index is 4.72. The van der Waals surface area contributed by atoms with Gasteiger partial charge in [-0.15, -0.1) is 0 Å². The summed E-state index contributed by atoms with van der Waals surface area (Å²) in [5, 5.41) is 0. The molecule has 1 fully saturated rings. The summed E-state index contributed by atoms with van der Waals surface area (Å²) in [5.74, 6) is 0.998. The van der Waals surface area contributed by atoms with Gasteiger partial charge in [-0.2, -0.15) is 7.05 Å². The average Bonchev–Trinajstić information content (AvgIpc) is 2.82. The van der Waals surface area contributed by atoms with Crippen LogP contribution < -0.4 is 4.90 Å². The monoisotopic (exact) mass is 232 g/mol. The van der Waals surface area contributed by atoms with Gasteiger partial charge < -0.3 is 4.90 Å². The first kappa shape index (κ1) is 11.1. The van der Waals surface area contributed by atoms with Gasteiger partial charge in [0.2, 0.25) is 0 Å². The number of rotatable bonds is 2. The molecule has 1 aromatic rings. The molecule has 3 heterocycles. The fraction of sp³-hybridized carbons (Fsp3) is 0.615. The number of likely N-dealkylation sites (tertiary alicyclic amines) is 1. The van der Waals surface area contributed by atoms with Crippen molar-refractivity contribution in [3.8, 4) is 0 Å². The third-order valence-electron chi connectivity index (χ3n) is 3.72. The lowest BCUT2D eigenvalue weighted by atomic mass is 10.1. The molecule has 0 spiro atoms. The molecule has 1 atom stereocenters. The van der Waals surface area contributed by atoms with Crippen LogP contribution in [0.1, 0.15) is 29.9 Å². The Morgan fingerprint density at radius 2 is 2.18 bits per heavy atom. The molecule has 17 heavy (non-hydrogen) atoms. The number of quaternary nitrogens is 1. The second-order valence-corrected chi connectivity index (χ2v) is 5.17. The lowest BCUT2D eigenvalue weighted by Gasteiger charge is -2.27. The third kappa shape index (κ3) is 2.48. The van der Waals surface area contributed by atoms with E-state index in [0.717, 1.165) is 31.9 Å². The van der Waals surface area contributed by atoms with Crippen LogP contribution in [0.2, 0.25) is 0 Å². The second-order valence-electron chi connectivity index (χ2n) is 5.17. The maximum absolute atomic E-state index is 4.72. The molecule has 3 rings (SSSR count). The first-order valence-corrected chi connectivity index (χ1v) is 6.54. The largest absolute Gasteiger partial charge is 0.464 e. The Hall–Kier alpha value is -1.00. The summed E-state index contributed by atoms with van der Waals surface area (Å²) in [4.78, 5) is 13.0. The summed E-state index contributed by atoms with van der Waals surface area (Å²) in [5.41, 5.74) is 2.54. The summed E-state index contributed by atoms with van der Waals surface area (Å²) in [6, 6.07) is 0. The van der Waals surface area contributed by atoms with Crippen molar-refractivity contribution in [3.63, 3.8) is 0 Å². The van der Waals surface area contributed by atoms with Gasteiger partial charge in [-0.3, -0.25) is 4.90 Å². The van der Waals surface area contributed by atoms with E-state index >= 15 is 0 Å². The van der Waals surface area contributed by atoms with Crippen LogP contribution in [0.15, 0.2) is 6.20 Å². The Balaban J connectivity index is 1.74. The summed E-state index contributed by atoms with van der Waals surface area (Å²) in [6.45, 7) is 5.40. The summed E-state index contributed by atoms with van der Waals surface area (Å²) in [6.07, 6.45) is 5.71. The Morgan fingerprint density at radius 3 is 3.00 bits per heavy atom. The lowest BCUT2D eigenvalue weighted by molar-refractivity contribution is -0.870. The summed E-state index contributed by atoms with van der Waals surface area (Å²) >= 11 is 0. The highest BCUT2D eigenvalue weighted by Gasteiger charge is 2.18. The van der Waals surface area contributed by atoms with Crippen molar-refractivity contribution in [1.82, 2.24) is 14.9 Å². The molecular weight excluding hydrogens is 212 g/mol. The number of fused-ring (bicyclic) bond motifs is 1. The summed E-state index contributed by atoms with van der Waals surface area (Å²) < 4.78 is 0. The van der Waals surface area contributed by atoms with Crippen LogP contribution in [0.3, 0.4) is 0 Å². The predicted molar refractivity (Wildman–Crippen MR) is 65.1 cm³/mol. The van der Waals surface area contributed by atoms with Crippen molar-refractivity contribution in [2.24, 2.45) is 0 Å². The number of hydrogen-bond acceptors (Lipinski definition) is 3. The highest BCUT2D eigenvalue weighted by atomic mass is 15.2. The second kappa shape index (κ2) is 4.70. The smallest absolute Gasteiger partial charge is 0.142 e. The molecule has 1 saturated heterocycles. The molecular formula is C13H20N4. The average molecular weight is 232 g/mol. The number of hydrogen-bond donors (Lipinski definition) is 1. The number of aromatic nitrogens is 2. The molecule has 0 saturated carbocycles. The molecule has 0 aromatic carbocycles. The van der Waals surface area contributed by atoms with E-state index in [2.05, 4.69) is 16.9 Å². The van der Waals surface area contributed by atoms with E-state index in [1.165, 1.54) is 42.1 Å². The minimum absolute atomic E-state index is 0.925. The Morgan fingerprint density at radius 1 is 1.35 bits per heavy atom. The molecule has 1 N–H and O–H groups in total. The van der Waals surface area contributed by atoms with Crippen molar-refractivity contribution >= 4 is 0 Å². The van der Waals surface area contributed by atoms with Gasteiger partial charge in [-0.25, -0.2) is 9.97 Å². The Bertz CT molecular complexity index is 398. The molecule has 4 nitrogen and oxygen atoms in total. The lowest BCUT2D eigenvalue weighted by Crippen LogP contribution is -3.06. The summed E-state index contributed by atoms with van der Waals surface area (Å²) in [7, 11) is 4.05. The zero-order valence-corrected chi connectivity index (χ0v) is 10.3. The molecule has 1 aromatic heterocycles. The highest BCUT2D eigenvalue weighted by Crippen LogP contribution is 2.12. The van der Waals surface area contributed by atoms with Crippen LogP contribution in [-0.2, 0) is 19.5 Å². The van der Waals surface area contributed by atoms with Gasteiger partial charge in [0, 0.05) is 18.2 Å². The zero-order chi connectivity index (χ0) is 11.7. The highest BCUT2D eigenvalue weighted by molar-refractivity contribution is 5.18. The molecule has 1 unspecified atom stereocenters. The molecule has 92 valence electrons. The first-order valence-electron chi connectivity index (χ1n) is 6.54. The number of nitrogens with zero attached hydrogens (tertiary/aromatic N) is 3. The minimum Gasteiger partial charge on any atom is -0.464 e. The van der Waals surface area contributed by atoms with Crippen LogP contribution in [0.25, 0.3) is 0 Å². The fourth-order valence-electron chi connectivity index (χ4n) is 2.72. The molecule has 0 amide bonds. The molecule has 2 aliphatic rings. The van der Waals surface area contributed by atoms with E-state index < -0.39 is 0 Å². The SMILES string of the molecule is [CH2-][NH+]1CCc2nc(CN3CCCC3)ncc2C1. The zero-order valence-electron chi connectivity index (χ0n) is 10.3. The van der Waals surface area contributed by atoms with Crippen LogP contribution in [0, 0.1) is 7.05 Å². The van der Waals surface area contributed by atoms with Crippen LogP contribution in [-0.4, -0.2) is 34.5 Å². The Kier molecular flexibility index (Phi) is 3.07. The van der Waals surface area contributed by atoms with Crippen molar-refractivity contribution in [2.45, 2.75) is 32.4 Å². The van der Waals surface area contributed by atoms with E-state index in [1.54, 1.807) is 0 Å². The van der Waals surface area contributed by atoms with Crippen molar-refractivity contribution in [3.05, 3.63) is 30.3 Å². The van der Waals surface area contributed by atoms with Crippen molar-refractivity contribution < 1.29 is 4.90 Å². The minimum atomic E-state index is 0.925. The van der Waals surface area contributed by atoms with Gasteiger partial charge in [-0.05, 0) is 25.9 Å². The van der Waals surface area contributed by atoms with E-state index in [4.69, 9.17) is 4.98 Å². The molecule has 2 aliphatic heterocycles. The van der Waals surface area contributed by atoms with Gasteiger partial charge in [0.15, 0.2) is 0 Å². The van der Waals surface area contributed by atoms with E-state index in [9.17, 15) is 0 Å². The van der Waals surface area contributed by atoms with Gasteiger partial charge >= 0.3 is 0 Å². The van der Waals surface area contributed by atoms with Crippen LogP contribution in [0.4, 0.5) is 0 Å². The molecule has 4 heteroatoms.